The number of pyridine rings is 1. The molecule has 1 aromatic heterocycles. The molecule has 6 nitrogen and oxygen atoms in total. The van der Waals surface area contributed by atoms with Gasteiger partial charge in [-0.05, 0) is 12.1 Å². The Hall–Kier alpha value is -2.41. The van der Waals surface area contributed by atoms with Gasteiger partial charge >= 0.3 is 0 Å². The fourth-order valence-electron chi connectivity index (χ4n) is 2.78. The zero-order valence-corrected chi connectivity index (χ0v) is 12.1. The van der Waals surface area contributed by atoms with Crippen LogP contribution in [0.2, 0.25) is 0 Å². The fourth-order valence-corrected chi connectivity index (χ4v) is 2.78. The molecule has 1 aromatic carbocycles. The number of aromatic carboxylic acids is 1. The molecule has 0 aliphatic carbocycles. The van der Waals surface area contributed by atoms with E-state index in [2.05, 4.69) is 5.32 Å². The second-order valence-corrected chi connectivity index (χ2v) is 5.33. The Labute approximate surface area is 125 Å². The van der Waals surface area contributed by atoms with Gasteiger partial charge in [0.15, 0.2) is 5.43 Å². The third kappa shape index (κ3) is 2.33. The Morgan fingerprint density at radius 3 is 2.64 bits per heavy atom. The highest BCUT2D eigenvalue weighted by atomic mass is 19.1. The first kappa shape index (κ1) is 14.5. The molecule has 0 bridgehead atoms. The van der Waals surface area contributed by atoms with Crippen LogP contribution in [0.15, 0.2) is 23.1 Å². The smallest absolute Gasteiger partial charge is 0.198 e. The Morgan fingerprint density at radius 1 is 1.32 bits per heavy atom. The maximum atomic E-state index is 14.4. The number of carbonyl (C=O) groups is 1. The number of carboxylic acid groups (broad SMARTS) is 1. The van der Waals surface area contributed by atoms with Crippen LogP contribution in [0.3, 0.4) is 0 Å². The summed E-state index contributed by atoms with van der Waals surface area (Å²) < 4.78 is 15.9. The fraction of sp³-hybridized carbons (Fsp3) is 0.333. The molecule has 1 fully saturated rings. The minimum Gasteiger partial charge on any atom is -0.545 e. The van der Waals surface area contributed by atoms with Gasteiger partial charge in [0.1, 0.15) is 18.9 Å². The van der Waals surface area contributed by atoms with Gasteiger partial charge in [-0.1, -0.05) is 0 Å². The summed E-state index contributed by atoms with van der Waals surface area (Å²) in [5.74, 6) is -2.09. The van der Waals surface area contributed by atoms with Crippen molar-refractivity contribution in [3.8, 4) is 0 Å². The van der Waals surface area contributed by atoms with Crippen molar-refractivity contribution in [3.63, 3.8) is 0 Å². The van der Waals surface area contributed by atoms with E-state index >= 15 is 0 Å². The average Bonchev–Trinajstić information content (AvgIpc) is 2.51. The van der Waals surface area contributed by atoms with E-state index in [0.29, 0.717) is 24.3 Å². The van der Waals surface area contributed by atoms with Gasteiger partial charge < -0.3 is 19.4 Å². The van der Waals surface area contributed by atoms with E-state index in [1.165, 1.54) is 10.8 Å². The van der Waals surface area contributed by atoms with Gasteiger partial charge in [-0.25, -0.2) is 4.39 Å². The van der Waals surface area contributed by atoms with Gasteiger partial charge in [-0.2, -0.15) is 5.32 Å². The molecule has 0 spiro atoms. The predicted octanol–water partition coefficient (Wildman–Crippen LogP) is -1.79. The maximum Gasteiger partial charge on any atom is 0.198 e. The minimum atomic E-state index is -1.56. The summed E-state index contributed by atoms with van der Waals surface area (Å²) in [6, 6.07) is 2.71. The van der Waals surface area contributed by atoms with E-state index in [0.717, 1.165) is 19.2 Å². The molecule has 1 N–H and O–H groups in total. The number of fused-ring (bicyclic) bond motifs is 1. The van der Waals surface area contributed by atoms with Crippen LogP contribution < -0.4 is 20.8 Å². The Morgan fingerprint density at radius 2 is 2.00 bits per heavy atom. The van der Waals surface area contributed by atoms with Crippen molar-refractivity contribution in [2.45, 2.75) is 0 Å². The van der Waals surface area contributed by atoms with Crippen molar-refractivity contribution in [3.05, 3.63) is 39.9 Å². The van der Waals surface area contributed by atoms with Crippen molar-refractivity contribution in [1.29, 1.82) is 0 Å². The summed E-state index contributed by atoms with van der Waals surface area (Å²) in [7, 11) is 1.62. The molecular formula is C15H15FN3O3. The van der Waals surface area contributed by atoms with E-state index in [9.17, 15) is 19.1 Å². The van der Waals surface area contributed by atoms with Gasteiger partial charge in [0, 0.05) is 18.6 Å². The summed E-state index contributed by atoms with van der Waals surface area (Å²) in [6.07, 6.45) is 1.21. The first-order valence-corrected chi connectivity index (χ1v) is 6.99. The molecule has 0 saturated carbocycles. The van der Waals surface area contributed by atoms with Crippen LogP contribution in [0.25, 0.3) is 10.9 Å². The second kappa shape index (κ2) is 5.42. The van der Waals surface area contributed by atoms with Crippen LogP contribution >= 0.6 is 0 Å². The predicted molar refractivity (Wildman–Crippen MR) is 76.4 cm³/mol. The van der Waals surface area contributed by atoms with Crippen LogP contribution in [0.1, 0.15) is 10.4 Å². The monoisotopic (exact) mass is 304 g/mol. The lowest BCUT2D eigenvalue weighted by Gasteiger charge is -2.26. The lowest BCUT2D eigenvalue weighted by atomic mass is 10.1. The van der Waals surface area contributed by atoms with Gasteiger partial charge in [-0.15, -0.1) is 0 Å². The highest BCUT2D eigenvalue weighted by Gasteiger charge is 2.20. The zero-order valence-electron chi connectivity index (χ0n) is 12.1. The average molecular weight is 304 g/mol. The summed E-state index contributed by atoms with van der Waals surface area (Å²) in [4.78, 5) is 25.0. The number of benzene rings is 1. The topological polar surface area (TPSA) is 81.0 Å². The number of hydrogen-bond acceptors (Lipinski definition) is 5. The number of anilines is 1. The Bertz CT molecular complexity index is 810. The van der Waals surface area contributed by atoms with Crippen molar-refractivity contribution in [2.24, 2.45) is 7.05 Å². The number of aromatic nitrogens is 1. The lowest BCUT2D eigenvalue weighted by molar-refractivity contribution is -0.655. The molecule has 115 valence electrons. The number of carboxylic acids is 1. The molecule has 1 aliphatic heterocycles. The lowest BCUT2D eigenvalue weighted by Crippen LogP contribution is -2.89. The van der Waals surface area contributed by atoms with Crippen molar-refractivity contribution in [2.75, 3.05) is 31.1 Å². The van der Waals surface area contributed by atoms with Crippen LogP contribution in [-0.4, -0.2) is 36.7 Å². The quantitative estimate of drug-likeness (QED) is 0.710. The number of carbonyl (C=O) groups excluding carboxylic acids is 1. The van der Waals surface area contributed by atoms with Crippen LogP contribution in [0.5, 0.6) is 0 Å². The standard InChI is InChI=1S/C15H16FN3O3/c1-18-8-10(15(21)22)14(20)9-6-11(16)13(7-12(9)18)19-4-2-17-3-5-19/h6-8,17H,2-5H2,1H3,(H,21,22)/q+1/p-1. The number of aryl methyl sites for hydroxylation is 1. The molecule has 22 heavy (non-hydrogen) atoms. The molecule has 0 unspecified atom stereocenters. The van der Waals surface area contributed by atoms with Gasteiger partial charge in [0.2, 0.25) is 0 Å². The van der Waals surface area contributed by atoms with Crippen molar-refractivity contribution in [1.82, 2.24) is 4.57 Å². The third-order valence-corrected chi connectivity index (χ3v) is 3.93. The summed E-state index contributed by atoms with van der Waals surface area (Å²) in [5, 5.41) is 14.2. The van der Waals surface area contributed by atoms with Crippen molar-refractivity contribution >= 4 is 22.6 Å². The number of piperazine rings is 1. The van der Waals surface area contributed by atoms with E-state index in [1.807, 2.05) is 4.90 Å². The first-order valence-electron chi connectivity index (χ1n) is 6.99. The van der Waals surface area contributed by atoms with E-state index in [-0.39, 0.29) is 5.39 Å². The van der Waals surface area contributed by atoms with Gasteiger partial charge in [0.05, 0.1) is 35.8 Å². The van der Waals surface area contributed by atoms with E-state index in [4.69, 9.17) is 0 Å². The zero-order chi connectivity index (χ0) is 15.9. The highest BCUT2D eigenvalue weighted by Crippen LogP contribution is 2.24. The van der Waals surface area contributed by atoms with E-state index < -0.39 is 22.8 Å². The van der Waals surface area contributed by atoms with Gasteiger partial charge in [-0.3, -0.25) is 4.79 Å². The first-order chi connectivity index (χ1) is 10.5. The normalized spacial score (nSPS) is 15.3. The molecule has 1 saturated heterocycles. The maximum absolute atomic E-state index is 14.4. The van der Waals surface area contributed by atoms with Crippen molar-refractivity contribution < 1.29 is 19.6 Å². The molecule has 2 aromatic rings. The molecule has 7 heteroatoms. The molecule has 0 atom stereocenters. The van der Waals surface area contributed by atoms with Crippen LogP contribution in [-0.2, 0) is 7.05 Å². The summed E-state index contributed by atoms with van der Waals surface area (Å²) in [6.45, 7) is 2.88. The molecule has 2 heterocycles. The largest absolute Gasteiger partial charge is 0.545 e. The molecule has 0 amide bonds. The highest BCUT2D eigenvalue weighted by molar-refractivity contribution is 5.92. The molecule has 1 aliphatic rings. The van der Waals surface area contributed by atoms with E-state index in [1.54, 1.807) is 13.1 Å². The third-order valence-electron chi connectivity index (χ3n) is 3.93. The number of hydrogen-bond donors (Lipinski definition) is 1. The summed E-state index contributed by atoms with van der Waals surface area (Å²) in [5.41, 5.74) is -0.279. The Kier molecular flexibility index (Phi) is 3.58. The Balaban J connectivity index is 2.22. The number of nitrogens with zero attached hydrogens (tertiary/aromatic N) is 2. The van der Waals surface area contributed by atoms with Crippen LogP contribution in [0.4, 0.5) is 10.1 Å². The number of rotatable bonds is 2. The summed E-state index contributed by atoms with van der Waals surface area (Å²) >= 11 is 0. The number of nitrogens with one attached hydrogen (secondary N) is 1. The van der Waals surface area contributed by atoms with Gasteiger partial charge in [0.25, 0.3) is 0 Å². The minimum absolute atomic E-state index is 0.0422. The molecule has 1 radical (unpaired) electrons. The molecule has 3 rings (SSSR count). The molecular weight excluding hydrogens is 289 g/mol. The van der Waals surface area contributed by atoms with Crippen LogP contribution in [0, 0.1) is 5.82 Å². The second-order valence-electron chi connectivity index (χ2n) is 5.33. The number of halogens is 1. The SMILES string of the molecule is Cn1cc(C(=O)[O-])c(=O)c2cc(F)c(N3CC[NH+]CC3)cc21.